The van der Waals surface area contributed by atoms with Gasteiger partial charge in [-0.2, -0.15) is 12.6 Å². The van der Waals surface area contributed by atoms with Gasteiger partial charge in [0.2, 0.25) is 70.9 Å². The van der Waals surface area contributed by atoms with E-state index in [1.54, 1.807) is 119 Å². The van der Waals surface area contributed by atoms with Crippen LogP contribution in [0.15, 0.2) is 91.1 Å². The van der Waals surface area contributed by atoms with Gasteiger partial charge in [-0.1, -0.05) is 107 Å². The number of unbranched alkanes of at least 4 members (excludes halogenated alkanes) is 1. The number of para-hydroxylation sites is 1. The summed E-state index contributed by atoms with van der Waals surface area (Å²) in [6, 6.07) is 5.55. The molecule has 32 nitrogen and oxygen atoms in total. The Morgan fingerprint density at radius 3 is 1.38 bits per heavy atom. The fraction of sp³-hybridized carbons (Fsp3) is 0.515. The molecule has 0 saturated carbocycles. The predicted molar refractivity (Wildman–Crippen MR) is 375 cm³/mol. The molecule has 0 aliphatic heterocycles. The number of hydrogen-bond acceptors (Lipinski definition) is 19. The number of carboxylic acids is 1. The Morgan fingerprint density at radius 2 is 0.861 bits per heavy atom. The van der Waals surface area contributed by atoms with Gasteiger partial charge in [-0.15, -0.1) is 0 Å². The van der Waals surface area contributed by atoms with Gasteiger partial charge in [0.25, 0.3) is 0 Å². The van der Waals surface area contributed by atoms with E-state index in [4.69, 9.17) is 17.2 Å². The normalized spacial score (nSPS) is 15.8. The molecule has 22 N–H and O–H groups in total. The first-order chi connectivity index (χ1) is 47.6. The van der Waals surface area contributed by atoms with E-state index in [9.17, 15) is 82.8 Å². The first kappa shape index (κ1) is 83.9. The van der Waals surface area contributed by atoms with Crippen LogP contribution in [0.4, 0.5) is 0 Å². The van der Waals surface area contributed by atoms with E-state index in [0.717, 1.165) is 0 Å². The number of rotatable bonds is 42. The fourth-order valence-electron chi connectivity index (χ4n) is 10.6. The molecule has 0 aliphatic rings. The van der Waals surface area contributed by atoms with Crippen molar-refractivity contribution in [3.63, 3.8) is 0 Å². The molecular weight excluding hydrogens is 1330 g/mol. The minimum Gasteiger partial charge on any atom is -0.480 e. The van der Waals surface area contributed by atoms with E-state index in [1.807, 2.05) is 0 Å². The zero-order chi connectivity index (χ0) is 75.4. The molecule has 0 saturated heterocycles. The summed E-state index contributed by atoms with van der Waals surface area (Å²) in [7, 11) is 0. The lowest BCUT2D eigenvalue weighted by Gasteiger charge is -2.30. The summed E-state index contributed by atoms with van der Waals surface area (Å²) in [4.78, 5) is 181. The molecule has 101 heavy (non-hydrogen) atoms. The number of carbonyl (C=O) groups excluding carboxylic acids is 12. The number of carbonyl (C=O) groups is 13. The highest BCUT2D eigenvalue weighted by molar-refractivity contribution is 7.80. The predicted octanol–water partition coefficient (Wildman–Crippen LogP) is -3.26. The minimum atomic E-state index is -1.79. The maximum absolute atomic E-state index is 14.5. The number of aliphatic hydroxyl groups excluding tert-OH is 3. The summed E-state index contributed by atoms with van der Waals surface area (Å²) in [5, 5.41) is 70.7. The number of H-pyrrole nitrogens is 1. The standard InChI is InChI=1S/C68H99N15O17S/c1-34(2)27-47(76-60(91)49(30-42-32-72-45-24-16-15-23-43(42)45)77-67(98)55(38(7)85)81-58(89)44(70)31-52(71)87)61(92)82-54(37(6)84)65(96)73-36(5)57(88)75-48(28-40-19-11-9-12-20-40)62(93)80-53(35(3)4)64(95)83-56(39(8)86)66(97)74-46(25-17-18-26-69)59(90)79-51(33-101)63(94)78-50(68(99)100)29-41-21-13-10-14-22-41/h9-16,19-24,32,34-39,44,46-51,53-56,72,84-86,101H,17-18,25-31,33,69-70H2,1-8H3,(H2,71,87)(H,73,96)(H,74,97)(H,75,88)(H,76,91)(H,77,98)(H,78,94)(H,79,90)(H,80,93)(H,81,89)(H,82,92)(H,83,95)(H,99,100)/t36-,37+,38+,39+,44-,46-,47-,48-,49-,50-,51-,53-,54-,55-,56-/m0/s1. The van der Waals surface area contributed by atoms with Gasteiger partial charge < -0.3 is 101 Å². The van der Waals surface area contributed by atoms with Crippen LogP contribution in [0.3, 0.4) is 0 Å². The highest BCUT2D eigenvalue weighted by Gasteiger charge is 2.39. The van der Waals surface area contributed by atoms with Crippen molar-refractivity contribution >= 4 is 100 Å². The molecule has 1 heterocycles. The van der Waals surface area contributed by atoms with Crippen molar-refractivity contribution in [1.82, 2.24) is 63.5 Å². The fourth-order valence-corrected chi connectivity index (χ4v) is 10.8. The quantitative estimate of drug-likeness (QED) is 0.0153. The van der Waals surface area contributed by atoms with Crippen LogP contribution in [-0.4, -0.2) is 205 Å². The molecule has 12 amide bonds. The second kappa shape index (κ2) is 41.3. The molecule has 0 fully saturated rings. The lowest BCUT2D eigenvalue weighted by molar-refractivity contribution is -0.142. The van der Waals surface area contributed by atoms with E-state index in [1.165, 1.54) is 27.7 Å². The molecule has 15 atom stereocenters. The number of primary amides is 1. The number of nitrogens with two attached hydrogens (primary N) is 3. The Labute approximate surface area is 590 Å². The summed E-state index contributed by atoms with van der Waals surface area (Å²) in [5.41, 5.74) is 19.1. The zero-order valence-electron chi connectivity index (χ0n) is 57.8. The molecule has 4 rings (SSSR count). The largest absolute Gasteiger partial charge is 0.480 e. The second-order valence-electron chi connectivity index (χ2n) is 25.7. The molecule has 0 unspecified atom stereocenters. The molecular formula is C68H99N15O17S. The number of amides is 12. The maximum Gasteiger partial charge on any atom is 0.326 e. The van der Waals surface area contributed by atoms with Gasteiger partial charge in [0.05, 0.1) is 30.8 Å². The topological polar surface area (TPSA) is 529 Å². The van der Waals surface area contributed by atoms with Crippen molar-refractivity contribution in [2.24, 2.45) is 29.0 Å². The Morgan fingerprint density at radius 1 is 0.455 bits per heavy atom. The number of aliphatic hydroxyl groups is 3. The average molecular weight is 1430 g/mol. The number of aliphatic carboxylic acids is 1. The van der Waals surface area contributed by atoms with Crippen molar-refractivity contribution in [3.8, 4) is 0 Å². The van der Waals surface area contributed by atoms with Gasteiger partial charge >= 0.3 is 5.97 Å². The van der Waals surface area contributed by atoms with Gasteiger partial charge in [-0.3, -0.25) is 57.5 Å². The number of hydrogen-bond donors (Lipinski definition) is 20. The highest BCUT2D eigenvalue weighted by Crippen LogP contribution is 2.20. The highest BCUT2D eigenvalue weighted by atomic mass is 32.1. The number of aromatic amines is 1. The monoisotopic (exact) mass is 1430 g/mol. The molecule has 0 aliphatic carbocycles. The summed E-state index contributed by atoms with van der Waals surface area (Å²) >= 11 is 4.21. The van der Waals surface area contributed by atoms with Crippen molar-refractivity contribution in [2.75, 3.05) is 12.3 Å². The Kier molecular flexibility index (Phi) is 34.3. The van der Waals surface area contributed by atoms with Gasteiger partial charge in [-0.25, -0.2) is 4.79 Å². The number of aromatic nitrogens is 1. The van der Waals surface area contributed by atoms with Crippen LogP contribution in [0, 0.1) is 11.8 Å². The Balaban J connectivity index is 1.52. The van der Waals surface area contributed by atoms with Crippen molar-refractivity contribution in [2.45, 2.75) is 198 Å². The summed E-state index contributed by atoms with van der Waals surface area (Å²) in [6.07, 6.45) is -3.73. The van der Waals surface area contributed by atoms with Crippen LogP contribution in [0.2, 0.25) is 0 Å². The van der Waals surface area contributed by atoms with Crippen molar-refractivity contribution in [1.29, 1.82) is 0 Å². The van der Waals surface area contributed by atoms with E-state index in [-0.39, 0.29) is 56.7 Å². The van der Waals surface area contributed by atoms with Crippen LogP contribution in [0.25, 0.3) is 10.9 Å². The van der Waals surface area contributed by atoms with Crippen LogP contribution in [0.5, 0.6) is 0 Å². The first-order valence-electron chi connectivity index (χ1n) is 33.2. The van der Waals surface area contributed by atoms with Gasteiger partial charge in [0.1, 0.15) is 66.5 Å². The minimum absolute atomic E-state index is 0.0390. The van der Waals surface area contributed by atoms with Crippen LogP contribution in [0.1, 0.15) is 104 Å². The molecule has 0 spiro atoms. The molecule has 4 aromatic rings. The summed E-state index contributed by atoms with van der Waals surface area (Å²) in [5.74, 6) is -14.3. The van der Waals surface area contributed by atoms with E-state index >= 15 is 0 Å². The summed E-state index contributed by atoms with van der Waals surface area (Å²) in [6.45, 7) is 11.6. The van der Waals surface area contributed by atoms with Crippen LogP contribution in [-0.2, 0) is 81.6 Å². The zero-order valence-corrected chi connectivity index (χ0v) is 58.7. The van der Waals surface area contributed by atoms with E-state index in [2.05, 4.69) is 76.1 Å². The lowest BCUT2D eigenvalue weighted by atomic mass is 9.99. The Hall–Kier alpha value is -9.54. The molecule has 0 radical (unpaired) electrons. The summed E-state index contributed by atoms with van der Waals surface area (Å²) < 4.78 is 0. The third-order valence-corrected chi connectivity index (χ3v) is 16.6. The second-order valence-corrected chi connectivity index (χ2v) is 26.0. The molecule has 33 heteroatoms. The van der Waals surface area contributed by atoms with Gasteiger partial charge in [-0.05, 0) is 94.5 Å². The number of nitrogens with one attached hydrogen (secondary N) is 12. The van der Waals surface area contributed by atoms with Crippen LogP contribution < -0.4 is 75.7 Å². The molecule has 0 bridgehead atoms. The third-order valence-electron chi connectivity index (χ3n) is 16.2. The average Bonchev–Trinajstić information content (AvgIpc) is 1.74. The number of thiol groups is 1. The first-order valence-corrected chi connectivity index (χ1v) is 33.9. The maximum atomic E-state index is 14.5. The SMILES string of the molecule is CC(C)C[C@H](NC(=O)[C@H](Cc1c[nH]c2ccccc12)NC(=O)[C@@H](NC(=O)[C@@H](N)CC(N)=O)[C@@H](C)O)C(=O)N[C@H](C(=O)N[C@@H](C)C(=O)N[C@@H](Cc1ccccc1)C(=O)N[C@H](C(=O)N[C@H](C(=O)N[C@@H](CCCCN)C(=O)N[C@@H](CS)C(=O)N[C@@H](Cc1ccccc1)C(=O)O)[C@@H](C)O)C(C)C)[C@@H](C)O. The van der Waals surface area contributed by atoms with Gasteiger partial charge in [0.15, 0.2) is 0 Å². The van der Waals surface area contributed by atoms with E-state index in [0.29, 0.717) is 34.0 Å². The molecule has 1 aromatic heterocycles. The number of benzene rings is 3. The van der Waals surface area contributed by atoms with Crippen LogP contribution >= 0.6 is 12.6 Å². The lowest BCUT2D eigenvalue weighted by Crippen LogP contribution is -2.63. The third kappa shape index (κ3) is 27.2. The number of fused-ring (bicyclic) bond motifs is 1. The molecule has 554 valence electrons. The van der Waals surface area contributed by atoms with E-state index < -0.39 is 180 Å². The van der Waals surface area contributed by atoms with Crippen molar-refractivity contribution in [3.05, 3.63) is 108 Å². The number of carboxylic acid groups (broad SMARTS) is 1. The smallest absolute Gasteiger partial charge is 0.326 e. The van der Waals surface area contributed by atoms with Gasteiger partial charge in [0, 0.05) is 42.1 Å². The molecule has 3 aromatic carbocycles. The van der Waals surface area contributed by atoms with Crippen molar-refractivity contribution < 1.29 is 82.8 Å². The Bertz CT molecular complexity index is 3470.